The van der Waals surface area contributed by atoms with Gasteiger partial charge < -0.3 is 9.84 Å². The highest BCUT2D eigenvalue weighted by atomic mass is 19.4. The molecular weight excluding hydrogens is 287 g/mol. The fraction of sp³-hybridized carbons (Fsp3) is 0.143. The summed E-state index contributed by atoms with van der Waals surface area (Å²) in [6.45, 7) is 0. The summed E-state index contributed by atoms with van der Waals surface area (Å²) in [7, 11) is 1.34. The lowest BCUT2D eigenvalue weighted by molar-refractivity contribution is -0.137. The van der Waals surface area contributed by atoms with E-state index in [2.05, 4.69) is 4.98 Å². The standard InChI is InChI=1S/C14H10F3NO3/c1-21-12-11(6-9(7-18-12)13(19)20)8-2-4-10(5-3-8)14(15,16)17/h2-7H,1H3,(H,19,20). The molecule has 1 heterocycles. The predicted octanol–water partition coefficient (Wildman–Crippen LogP) is 3.47. The van der Waals surface area contributed by atoms with Crippen LogP contribution in [0.25, 0.3) is 11.1 Å². The number of methoxy groups -OCH3 is 1. The molecule has 0 radical (unpaired) electrons. The van der Waals surface area contributed by atoms with E-state index in [1.54, 1.807) is 0 Å². The molecule has 0 atom stereocenters. The summed E-state index contributed by atoms with van der Waals surface area (Å²) in [6.07, 6.45) is -3.31. The molecular formula is C14H10F3NO3. The van der Waals surface area contributed by atoms with Crippen LogP contribution in [0.15, 0.2) is 36.5 Å². The number of rotatable bonds is 3. The Kier molecular flexibility index (Phi) is 3.84. The third kappa shape index (κ3) is 3.13. The largest absolute Gasteiger partial charge is 0.481 e. The monoisotopic (exact) mass is 297 g/mol. The Bertz CT molecular complexity index is 666. The molecule has 1 aromatic heterocycles. The molecule has 7 heteroatoms. The lowest BCUT2D eigenvalue weighted by Crippen LogP contribution is -2.04. The molecule has 1 aromatic carbocycles. The zero-order valence-electron chi connectivity index (χ0n) is 10.8. The van der Waals surface area contributed by atoms with E-state index in [1.165, 1.54) is 25.3 Å². The van der Waals surface area contributed by atoms with Crippen LogP contribution in [0.3, 0.4) is 0 Å². The molecule has 1 N–H and O–H groups in total. The number of carboxylic acid groups (broad SMARTS) is 1. The van der Waals surface area contributed by atoms with Crippen LogP contribution in [-0.4, -0.2) is 23.2 Å². The summed E-state index contributed by atoms with van der Waals surface area (Å²) < 4.78 is 42.6. The third-order valence-electron chi connectivity index (χ3n) is 2.81. The Balaban J connectivity index is 2.50. The summed E-state index contributed by atoms with van der Waals surface area (Å²) in [4.78, 5) is 14.8. The van der Waals surface area contributed by atoms with Crippen molar-refractivity contribution in [1.29, 1.82) is 0 Å². The third-order valence-corrected chi connectivity index (χ3v) is 2.81. The number of carbonyl (C=O) groups is 1. The topological polar surface area (TPSA) is 59.4 Å². The van der Waals surface area contributed by atoms with Crippen molar-refractivity contribution in [3.05, 3.63) is 47.7 Å². The number of ether oxygens (including phenoxy) is 1. The number of pyridine rings is 1. The zero-order valence-corrected chi connectivity index (χ0v) is 10.8. The maximum absolute atomic E-state index is 12.5. The summed E-state index contributed by atoms with van der Waals surface area (Å²) in [6, 6.07) is 5.63. The minimum atomic E-state index is -4.43. The molecule has 4 nitrogen and oxygen atoms in total. The quantitative estimate of drug-likeness (QED) is 0.942. The first-order valence-corrected chi connectivity index (χ1v) is 5.78. The van der Waals surface area contributed by atoms with Gasteiger partial charge >= 0.3 is 12.1 Å². The second kappa shape index (κ2) is 5.43. The minimum absolute atomic E-state index is 0.0781. The number of hydrogen-bond donors (Lipinski definition) is 1. The molecule has 0 bridgehead atoms. The van der Waals surface area contributed by atoms with Crippen LogP contribution in [0.4, 0.5) is 13.2 Å². The molecule has 0 spiro atoms. The minimum Gasteiger partial charge on any atom is -0.481 e. The van der Waals surface area contributed by atoms with Gasteiger partial charge in [0, 0.05) is 11.8 Å². The first kappa shape index (κ1) is 14.8. The normalized spacial score (nSPS) is 11.2. The van der Waals surface area contributed by atoms with E-state index in [1.807, 2.05) is 0 Å². The van der Waals surface area contributed by atoms with Gasteiger partial charge in [-0.2, -0.15) is 13.2 Å². The highest BCUT2D eigenvalue weighted by Crippen LogP contribution is 2.33. The van der Waals surface area contributed by atoms with Crippen LogP contribution < -0.4 is 4.74 Å². The first-order chi connectivity index (χ1) is 9.82. The number of benzene rings is 1. The van der Waals surface area contributed by atoms with E-state index in [0.29, 0.717) is 11.1 Å². The van der Waals surface area contributed by atoms with Gasteiger partial charge in [-0.05, 0) is 23.8 Å². The van der Waals surface area contributed by atoms with E-state index >= 15 is 0 Å². The summed E-state index contributed by atoms with van der Waals surface area (Å²) in [5.41, 5.74) is -0.167. The molecule has 0 fully saturated rings. The zero-order chi connectivity index (χ0) is 15.6. The molecule has 0 aliphatic rings. The Morgan fingerprint density at radius 2 is 1.86 bits per heavy atom. The number of alkyl halides is 3. The Morgan fingerprint density at radius 1 is 1.24 bits per heavy atom. The molecule has 0 saturated heterocycles. The average molecular weight is 297 g/mol. The molecule has 110 valence electrons. The van der Waals surface area contributed by atoms with E-state index in [4.69, 9.17) is 9.84 Å². The van der Waals surface area contributed by atoms with Crippen LogP contribution >= 0.6 is 0 Å². The molecule has 0 amide bonds. The number of aromatic nitrogens is 1. The van der Waals surface area contributed by atoms with Crippen molar-refractivity contribution in [3.8, 4) is 17.0 Å². The smallest absolute Gasteiger partial charge is 0.416 e. The summed E-state index contributed by atoms with van der Waals surface area (Å²) in [5, 5.41) is 8.94. The Labute approximate surface area is 117 Å². The van der Waals surface area contributed by atoms with Crippen molar-refractivity contribution in [2.75, 3.05) is 7.11 Å². The Hall–Kier alpha value is -2.57. The lowest BCUT2D eigenvalue weighted by Gasteiger charge is -2.10. The number of carboxylic acids is 1. The summed E-state index contributed by atoms with van der Waals surface area (Å²) >= 11 is 0. The van der Waals surface area contributed by atoms with E-state index in [9.17, 15) is 18.0 Å². The van der Waals surface area contributed by atoms with Crippen molar-refractivity contribution in [1.82, 2.24) is 4.98 Å². The predicted molar refractivity (Wildman–Crippen MR) is 68.2 cm³/mol. The maximum atomic E-state index is 12.5. The van der Waals surface area contributed by atoms with Gasteiger partial charge in [0.2, 0.25) is 5.88 Å². The average Bonchev–Trinajstić information content (AvgIpc) is 2.45. The van der Waals surface area contributed by atoms with Gasteiger partial charge in [-0.3, -0.25) is 0 Å². The molecule has 2 aromatic rings. The van der Waals surface area contributed by atoms with Crippen molar-refractivity contribution in [2.45, 2.75) is 6.18 Å². The van der Waals surface area contributed by atoms with Gasteiger partial charge in [0.1, 0.15) is 0 Å². The van der Waals surface area contributed by atoms with Crippen LogP contribution in [0.5, 0.6) is 5.88 Å². The van der Waals surface area contributed by atoms with Gasteiger partial charge in [0.15, 0.2) is 0 Å². The van der Waals surface area contributed by atoms with E-state index < -0.39 is 17.7 Å². The first-order valence-electron chi connectivity index (χ1n) is 5.78. The Morgan fingerprint density at radius 3 is 2.33 bits per heavy atom. The fourth-order valence-corrected chi connectivity index (χ4v) is 1.78. The maximum Gasteiger partial charge on any atom is 0.416 e. The SMILES string of the molecule is COc1ncc(C(=O)O)cc1-c1ccc(C(F)(F)F)cc1. The highest BCUT2D eigenvalue weighted by Gasteiger charge is 2.30. The molecule has 0 saturated carbocycles. The van der Waals surface area contributed by atoms with Crippen molar-refractivity contribution < 1.29 is 27.8 Å². The summed E-state index contributed by atoms with van der Waals surface area (Å²) in [5.74, 6) is -1.04. The molecule has 21 heavy (non-hydrogen) atoms. The molecule has 0 aliphatic heterocycles. The van der Waals surface area contributed by atoms with Crippen LogP contribution in [-0.2, 0) is 6.18 Å². The number of hydrogen-bond acceptors (Lipinski definition) is 3. The van der Waals surface area contributed by atoms with Crippen LogP contribution in [0.1, 0.15) is 15.9 Å². The number of aromatic carboxylic acids is 1. The van der Waals surface area contributed by atoms with Gasteiger partial charge in [0.05, 0.1) is 18.2 Å². The number of nitrogens with zero attached hydrogens (tertiary/aromatic N) is 1. The van der Waals surface area contributed by atoms with Gasteiger partial charge in [-0.15, -0.1) is 0 Å². The van der Waals surface area contributed by atoms with Crippen LogP contribution in [0, 0.1) is 0 Å². The van der Waals surface area contributed by atoms with E-state index in [0.717, 1.165) is 18.3 Å². The second-order valence-electron chi connectivity index (χ2n) is 4.16. The van der Waals surface area contributed by atoms with Gasteiger partial charge in [-0.1, -0.05) is 12.1 Å². The highest BCUT2D eigenvalue weighted by molar-refractivity contribution is 5.89. The molecule has 0 unspecified atom stereocenters. The molecule has 2 rings (SSSR count). The van der Waals surface area contributed by atoms with Crippen molar-refractivity contribution in [2.24, 2.45) is 0 Å². The van der Waals surface area contributed by atoms with E-state index in [-0.39, 0.29) is 11.4 Å². The lowest BCUT2D eigenvalue weighted by atomic mass is 10.0. The van der Waals surface area contributed by atoms with Crippen molar-refractivity contribution in [3.63, 3.8) is 0 Å². The van der Waals surface area contributed by atoms with Gasteiger partial charge in [-0.25, -0.2) is 9.78 Å². The molecule has 0 aliphatic carbocycles. The van der Waals surface area contributed by atoms with Crippen LogP contribution in [0.2, 0.25) is 0 Å². The fourth-order valence-electron chi connectivity index (χ4n) is 1.78. The van der Waals surface area contributed by atoms with Gasteiger partial charge in [0.25, 0.3) is 0 Å². The number of halogens is 3. The second-order valence-corrected chi connectivity index (χ2v) is 4.16. The van der Waals surface area contributed by atoms with Crippen molar-refractivity contribution >= 4 is 5.97 Å².